The van der Waals surface area contributed by atoms with Gasteiger partial charge in [0.05, 0.1) is 13.7 Å². The summed E-state index contributed by atoms with van der Waals surface area (Å²) in [5.41, 5.74) is -0.0225. The Balaban J connectivity index is 1.63. The number of aliphatic hydroxyl groups excluding tert-OH is 1. The maximum Gasteiger partial charge on any atom is 0.329 e. The van der Waals surface area contributed by atoms with Crippen LogP contribution in [0.2, 0.25) is 0 Å². The zero-order chi connectivity index (χ0) is 22.7. The summed E-state index contributed by atoms with van der Waals surface area (Å²) in [4.78, 5) is 31.3. The van der Waals surface area contributed by atoms with Crippen LogP contribution in [0.25, 0.3) is 11.2 Å². The Labute approximate surface area is 182 Å². The number of nitrogens with one attached hydrogen (secondary N) is 2. The minimum absolute atomic E-state index is 0.0134. The lowest BCUT2D eigenvalue weighted by atomic mass is 10.3. The molecule has 10 nitrogen and oxygen atoms in total. The highest BCUT2D eigenvalue weighted by Crippen LogP contribution is 2.21. The van der Waals surface area contributed by atoms with Crippen molar-refractivity contribution in [3.63, 3.8) is 0 Å². The van der Waals surface area contributed by atoms with Gasteiger partial charge in [-0.15, -0.1) is 0 Å². The summed E-state index contributed by atoms with van der Waals surface area (Å²) in [5, 5.41) is 13.8. The van der Waals surface area contributed by atoms with E-state index in [2.05, 4.69) is 15.3 Å². The van der Waals surface area contributed by atoms with Crippen molar-refractivity contribution in [2.75, 3.05) is 19.0 Å². The molecule has 0 amide bonds. The minimum atomic E-state index is -0.956. The second-order valence-electron chi connectivity index (χ2n) is 7.17. The molecule has 10 heteroatoms. The summed E-state index contributed by atoms with van der Waals surface area (Å²) in [7, 11) is 3.10. The van der Waals surface area contributed by atoms with Crippen LogP contribution in [-0.4, -0.2) is 44.0 Å². The number of aliphatic hydroxyl groups is 1. The highest BCUT2D eigenvalue weighted by atomic mass is 16.5. The smallest absolute Gasteiger partial charge is 0.329 e. The third-order valence-corrected chi connectivity index (χ3v) is 4.93. The van der Waals surface area contributed by atoms with Gasteiger partial charge in [0.25, 0.3) is 5.56 Å². The van der Waals surface area contributed by atoms with Crippen molar-refractivity contribution in [3.8, 4) is 11.5 Å². The molecule has 0 bridgehead atoms. The monoisotopic (exact) mass is 437 g/mol. The summed E-state index contributed by atoms with van der Waals surface area (Å²) >= 11 is 0. The van der Waals surface area contributed by atoms with Gasteiger partial charge in [-0.1, -0.05) is 18.2 Å². The molecular formula is C22H23N5O5. The van der Waals surface area contributed by atoms with Crippen molar-refractivity contribution in [3.05, 3.63) is 75.4 Å². The number of ether oxygens (including phenoxy) is 2. The van der Waals surface area contributed by atoms with Crippen molar-refractivity contribution in [2.45, 2.75) is 12.6 Å². The van der Waals surface area contributed by atoms with Crippen molar-refractivity contribution >= 4 is 22.8 Å². The van der Waals surface area contributed by atoms with Gasteiger partial charge in [0.2, 0.25) is 5.95 Å². The van der Waals surface area contributed by atoms with Crippen LogP contribution in [0.4, 0.5) is 11.6 Å². The first-order chi connectivity index (χ1) is 15.5. The third kappa shape index (κ3) is 4.35. The molecule has 4 rings (SSSR count). The number of nitrogens with zero attached hydrogens (tertiary/aromatic N) is 3. The molecule has 4 aromatic rings. The highest BCUT2D eigenvalue weighted by molar-refractivity contribution is 5.75. The van der Waals surface area contributed by atoms with Gasteiger partial charge in [0.15, 0.2) is 11.2 Å². The van der Waals surface area contributed by atoms with Crippen LogP contribution in [0, 0.1) is 0 Å². The molecule has 3 N–H and O–H groups in total. The molecule has 0 saturated heterocycles. The summed E-state index contributed by atoms with van der Waals surface area (Å²) < 4.78 is 13.6. The number of H-pyrrole nitrogens is 1. The topological polar surface area (TPSA) is 123 Å². The number of fused-ring (bicyclic) bond motifs is 1. The molecule has 2 aromatic carbocycles. The van der Waals surface area contributed by atoms with E-state index in [0.29, 0.717) is 17.4 Å². The van der Waals surface area contributed by atoms with Gasteiger partial charge in [0, 0.05) is 12.7 Å². The molecule has 1 atom stereocenters. The fourth-order valence-electron chi connectivity index (χ4n) is 3.29. The Morgan fingerprint density at radius 3 is 2.47 bits per heavy atom. The minimum Gasteiger partial charge on any atom is -0.497 e. The Kier molecular flexibility index (Phi) is 5.95. The lowest BCUT2D eigenvalue weighted by Crippen LogP contribution is -2.30. The molecular weight excluding hydrogens is 414 g/mol. The summed E-state index contributed by atoms with van der Waals surface area (Å²) in [6.45, 7) is 0.00353. The number of benzene rings is 2. The molecule has 0 radical (unpaired) electrons. The lowest BCUT2D eigenvalue weighted by molar-refractivity contribution is 0.0938. The van der Waals surface area contributed by atoms with Crippen molar-refractivity contribution < 1.29 is 14.6 Å². The van der Waals surface area contributed by atoms with Crippen LogP contribution < -0.4 is 26.0 Å². The summed E-state index contributed by atoms with van der Waals surface area (Å²) in [6.07, 6.45) is -0.956. The van der Waals surface area contributed by atoms with E-state index in [-0.39, 0.29) is 24.3 Å². The van der Waals surface area contributed by atoms with Crippen molar-refractivity contribution in [2.24, 2.45) is 7.05 Å². The van der Waals surface area contributed by atoms with E-state index in [9.17, 15) is 14.7 Å². The fraction of sp³-hybridized carbons (Fsp3) is 0.227. The number of methoxy groups -OCH3 is 1. The van der Waals surface area contributed by atoms with Gasteiger partial charge in [0.1, 0.15) is 24.2 Å². The van der Waals surface area contributed by atoms with Gasteiger partial charge in [-0.3, -0.25) is 14.3 Å². The van der Waals surface area contributed by atoms with Crippen molar-refractivity contribution in [1.29, 1.82) is 0 Å². The summed E-state index contributed by atoms with van der Waals surface area (Å²) in [5.74, 6) is 1.59. The van der Waals surface area contributed by atoms with Crippen LogP contribution in [0.15, 0.2) is 64.2 Å². The van der Waals surface area contributed by atoms with Gasteiger partial charge in [-0.05, 0) is 36.4 Å². The quantitative estimate of drug-likeness (QED) is 0.383. The van der Waals surface area contributed by atoms with Crippen LogP contribution in [0.3, 0.4) is 0 Å². The molecule has 0 saturated carbocycles. The lowest BCUT2D eigenvalue weighted by Gasteiger charge is -2.16. The molecule has 1 unspecified atom stereocenters. The largest absolute Gasteiger partial charge is 0.497 e. The zero-order valence-corrected chi connectivity index (χ0v) is 17.6. The Hall–Kier alpha value is -4.05. The number of imidazole rings is 1. The maximum absolute atomic E-state index is 12.6. The second kappa shape index (κ2) is 8.98. The van der Waals surface area contributed by atoms with Crippen LogP contribution >= 0.6 is 0 Å². The number of rotatable bonds is 8. The molecule has 2 heterocycles. The van der Waals surface area contributed by atoms with Crippen LogP contribution in [0.5, 0.6) is 11.5 Å². The molecule has 0 spiro atoms. The first kappa shape index (κ1) is 21.2. The first-order valence-electron chi connectivity index (χ1n) is 9.93. The normalized spacial score (nSPS) is 12.0. The average Bonchev–Trinajstić information content (AvgIpc) is 3.15. The maximum atomic E-state index is 12.6. The van der Waals surface area contributed by atoms with Gasteiger partial charge in [-0.25, -0.2) is 4.79 Å². The molecule has 0 aliphatic rings. The zero-order valence-electron chi connectivity index (χ0n) is 17.6. The second-order valence-corrected chi connectivity index (χ2v) is 7.17. The van der Waals surface area contributed by atoms with E-state index < -0.39 is 17.4 Å². The predicted molar refractivity (Wildman–Crippen MR) is 120 cm³/mol. The Bertz CT molecular complexity index is 1330. The fourth-order valence-corrected chi connectivity index (χ4v) is 3.29. The molecule has 166 valence electrons. The van der Waals surface area contributed by atoms with Crippen LogP contribution in [0.1, 0.15) is 0 Å². The predicted octanol–water partition coefficient (Wildman–Crippen LogP) is 1.62. The number of aryl methyl sites for hydroxylation is 1. The van der Waals surface area contributed by atoms with E-state index in [0.717, 1.165) is 5.69 Å². The molecule has 0 aliphatic carbocycles. The van der Waals surface area contributed by atoms with E-state index in [4.69, 9.17) is 9.47 Å². The molecule has 0 aliphatic heterocycles. The van der Waals surface area contributed by atoms with Gasteiger partial charge >= 0.3 is 5.69 Å². The number of hydrogen-bond donors (Lipinski definition) is 3. The number of aromatic nitrogens is 4. The SMILES string of the molecule is COc1ccc(OCC(O)Cn2c(Nc3ccccc3)nc3c2c(=O)[nH]c(=O)n3C)cc1. The first-order valence-corrected chi connectivity index (χ1v) is 9.93. The van der Waals surface area contributed by atoms with E-state index in [1.54, 1.807) is 35.9 Å². The number of aromatic amines is 1. The molecule has 32 heavy (non-hydrogen) atoms. The number of hydrogen-bond acceptors (Lipinski definition) is 7. The van der Waals surface area contributed by atoms with Crippen LogP contribution in [-0.2, 0) is 13.6 Å². The Morgan fingerprint density at radius 1 is 1.09 bits per heavy atom. The van der Waals surface area contributed by atoms with Gasteiger partial charge in [-0.2, -0.15) is 4.98 Å². The molecule has 2 aromatic heterocycles. The third-order valence-electron chi connectivity index (χ3n) is 4.93. The number of anilines is 2. The molecule has 0 fully saturated rings. The van der Waals surface area contributed by atoms with Crippen molar-refractivity contribution in [1.82, 2.24) is 19.1 Å². The van der Waals surface area contributed by atoms with Gasteiger partial charge < -0.3 is 24.5 Å². The summed E-state index contributed by atoms with van der Waals surface area (Å²) in [6, 6.07) is 16.3. The van der Waals surface area contributed by atoms with E-state index in [1.165, 1.54) is 11.6 Å². The standard InChI is InChI=1S/C22H23N5O5/c1-26-19-18(20(29)25-22(26)30)27(21(24-19)23-14-6-4-3-5-7-14)12-15(28)13-32-17-10-8-16(31-2)9-11-17/h3-11,15,28H,12-13H2,1-2H3,(H,23,24)(H,25,29,30). The highest BCUT2D eigenvalue weighted by Gasteiger charge is 2.20. The average molecular weight is 437 g/mol. The number of para-hydroxylation sites is 1. The Morgan fingerprint density at radius 2 is 1.78 bits per heavy atom. The van der Waals surface area contributed by atoms with E-state index in [1.807, 2.05) is 30.3 Å². The van der Waals surface area contributed by atoms with E-state index >= 15 is 0 Å².